The van der Waals surface area contributed by atoms with E-state index in [1.165, 1.54) is 0 Å². The summed E-state index contributed by atoms with van der Waals surface area (Å²) in [6, 6.07) is 0. The van der Waals surface area contributed by atoms with Gasteiger partial charge in [0.05, 0.1) is 0 Å². The molecule has 0 unspecified atom stereocenters. The van der Waals surface area contributed by atoms with Gasteiger partial charge >= 0.3 is 0 Å². The van der Waals surface area contributed by atoms with E-state index in [1.807, 2.05) is 0 Å². The summed E-state index contributed by atoms with van der Waals surface area (Å²) in [5.74, 6) is -2.15. The first-order valence-corrected chi connectivity index (χ1v) is 2.68. The molecule has 0 amide bonds. The first-order chi connectivity index (χ1) is 4.54. The first kappa shape index (κ1) is 7.64. The van der Waals surface area contributed by atoms with Gasteiger partial charge in [-0.1, -0.05) is 0 Å². The van der Waals surface area contributed by atoms with Crippen molar-refractivity contribution in [2.45, 2.75) is 18.4 Å². The van der Waals surface area contributed by atoms with E-state index >= 15 is 0 Å². The molecule has 5 heteroatoms. The number of rotatable bonds is 1. The normalized spacial score (nSPS) is 39.5. The molecule has 1 heterocycles. The molecule has 0 radical (unpaired) electrons. The molecular formula is C5H8O5. The van der Waals surface area contributed by atoms with Crippen molar-refractivity contribution in [1.29, 1.82) is 0 Å². The van der Waals surface area contributed by atoms with Crippen molar-refractivity contribution in [3.63, 3.8) is 0 Å². The Morgan fingerprint density at radius 3 is 2.30 bits per heavy atom. The molecule has 0 bridgehead atoms. The van der Waals surface area contributed by atoms with Crippen molar-refractivity contribution < 1.29 is 25.2 Å². The smallest absolute Gasteiger partial charge is 0.240 e. The van der Waals surface area contributed by atoms with Gasteiger partial charge in [-0.15, -0.1) is 0 Å². The minimum Gasteiger partial charge on any atom is -0.365 e. The van der Waals surface area contributed by atoms with Gasteiger partial charge in [0.1, 0.15) is 0 Å². The van der Waals surface area contributed by atoms with Gasteiger partial charge in [0, 0.05) is 0 Å². The summed E-state index contributed by atoms with van der Waals surface area (Å²) in [5.41, 5.74) is 0. The van der Waals surface area contributed by atoms with Crippen molar-refractivity contribution in [3.8, 4) is 0 Å². The van der Waals surface area contributed by atoms with Gasteiger partial charge in [-0.2, -0.15) is 0 Å². The Bertz CT molecular complexity index is 154. The maximum Gasteiger partial charge on any atom is 0.240 e. The number of aliphatic hydroxyl groups excluding tert-OH is 2. The van der Waals surface area contributed by atoms with E-state index in [4.69, 9.17) is 20.4 Å². The van der Waals surface area contributed by atoms with Crippen molar-refractivity contribution in [2.24, 2.45) is 0 Å². The van der Waals surface area contributed by atoms with Crippen molar-refractivity contribution >= 4 is 0 Å². The number of hydrogen-bond acceptors (Lipinski definition) is 5. The molecule has 4 N–H and O–H groups in total. The van der Waals surface area contributed by atoms with E-state index in [0.29, 0.717) is 0 Å². The zero-order chi connectivity index (χ0) is 7.78. The minimum absolute atomic E-state index is 0.975. The maximum absolute atomic E-state index is 8.97. The molecule has 5 nitrogen and oxygen atoms in total. The summed E-state index contributed by atoms with van der Waals surface area (Å²) in [6.07, 6.45) is -1.23. The predicted octanol–water partition coefficient (Wildman–Crippen LogP) is -2.11. The van der Waals surface area contributed by atoms with Crippen LogP contribution >= 0.6 is 0 Å². The van der Waals surface area contributed by atoms with Crippen LogP contribution in [0.1, 0.15) is 0 Å². The fraction of sp³-hybridized carbons (Fsp3) is 0.600. The molecule has 0 aliphatic carbocycles. The van der Waals surface area contributed by atoms with E-state index in [9.17, 15) is 0 Å². The van der Waals surface area contributed by atoms with Crippen LogP contribution in [0.4, 0.5) is 0 Å². The Labute approximate surface area is 56.8 Å². The maximum atomic E-state index is 8.97. The molecule has 1 aliphatic heterocycles. The molecular weight excluding hydrogens is 140 g/mol. The summed E-state index contributed by atoms with van der Waals surface area (Å²) < 4.78 is 4.31. The molecule has 0 saturated heterocycles. The second-order valence-corrected chi connectivity index (χ2v) is 1.99. The minimum atomic E-state index is -2.15. The summed E-state index contributed by atoms with van der Waals surface area (Å²) in [7, 11) is 0. The Balaban J connectivity index is 2.65. The molecule has 1 aliphatic rings. The van der Waals surface area contributed by atoms with E-state index in [0.717, 1.165) is 12.2 Å². The van der Waals surface area contributed by atoms with E-state index in [-0.39, 0.29) is 0 Å². The monoisotopic (exact) mass is 148 g/mol. The molecule has 0 aromatic rings. The molecule has 0 spiro atoms. The van der Waals surface area contributed by atoms with Crippen LogP contribution in [0.2, 0.25) is 0 Å². The van der Waals surface area contributed by atoms with Crippen LogP contribution < -0.4 is 0 Å². The largest absolute Gasteiger partial charge is 0.365 e. The van der Waals surface area contributed by atoms with Crippen LogP contribution in [-0.2, 0) is 4.74 Å². The van der Waals surface area contributed by atoms with Crippen molar-refractivity contribution in [1.82, 2.24) is 0 Å². The summed E-state index contributed by atoms with van der Waals surface area (Å²) in [4.78, 5) is 0. The van der Waals surface area contributed by atoms with Gasteiger partial charge in [-0.05, 0) is 12.2 Å². The van der Waals surface area contributed by atoms with Gasteiger partial charge in [0.2, 0.25) is 12.1 Å². The van der Waals surface area contributed by atoms with Gasteiger partial charge < -0.3 is 25.2 Å². The summed E-state index contributed by atoms with van der Waals surface area (Å²) in [6.45, 7) is 0. The standard InChI is InChI=1S/C5H8O5/c6-3-1-2-5(9,10-3)4(7)8/h1-4,6-9H/t3-,5-/m0/s1. The summed E-state index contributed by atoms with van der Waals surface area (Å²) >= 11 is 0. The van der Waals surface area contributed by atoms with E-state index < -0.39 is 18.4 Å². The molecule has 0 aromatic heterocycles. The van der Waals surface area contributed by atoms with Crippen LogP contribution in [0.3, 0.4) is 0 Å². The highest BCUT2D eigenvalue weighted by Crippen LogP contribution is 2.21. The van der Waals surface area contributed by atoms with Crippen molar-refractivity contribution in [2.75, 3.05) is 0 Å². The molecule has 58 valence electrons. The Hall–Kier alpha value is -0.460. The third-order valence-electron chi connectivity index (χ3n) is 1.18. The lowest BCUT2D eigenvalue weighted by atomic mass is 10.3. The molecule has 1 rings (SSSR count). The second-order valence-electron chi connectivity index (χ2n) is 1.99. The lowest BCUT2D eigenvalue weighted by Gasteiger charge is -2.22. The summed E-state index contributed by atoms with van der Waals surface area (Å²) in [5, 5.41) is 34.5. The Morgan fingerprint density at radius 2 is 2.10 bits per heavy atom. The van der Waals surface area contributed by atoms with Crippen LogP contribution in [-0.4, -0.2) is 38.8 Å². The third-order valence-corrected chi connectivity index (χ3v) is 1.18. The van der Waals surface area contributed by atoms with Gasteiger partial charge in [0.25, 0.3) is 0 Å². The average molecular weight is 148 g/mol. The van der Waals surface area contributed by atoms with E-state index in [2.05, 4.69) is 4.74 Å². The first-order valence-electron chi connectivity index (χ1n) is 2.68. The molecule has 10 heavy (non-hydrogen) atoms. The topological polar surface area (TPSA) is 90.2 Å². The van der Waals surface area contributed by atoms with Crippen molar-refractivity contribution in [3.05, 3.63) is 12.2 Å². The lowest BCUT2D eigenvalue weighted by molar-refractivity contribution is -0.307. The third kappa shape index (κ3) is 1.18. The molecule has 0 fully saturated rings. The highest BCUT2D eigenvalue weighted by molar-refractivity contribution is 5.04. The quantitative estimate of drug-likeness (QED) is 0.252. The highest BCUT2D eigenvalue weighted by Gasteiger charge is 2.39. The highest BCUT2D eigenvalue weighted by atomic mass is 16.7. The Kier molecular flexibility index (Phi) is 1.76. The lowest BCUT2D eigenvalue weighted by Crippen LogP contribution is -2.42. The molecule has 2 atom stereocenters. The van der Waals surface area contributed by atoms with Crippen LogP contribution in [0.15, 0.2) is 12.2 Å². The second kappa shape index (κ2) is 2.30. The van der Waals surface area contributed by atoms with Crippen LogP contribution in [0.5, 0.6) is 0 Å². The van der Waals surface area contributed by atoms with E-state index in [1.54, 1.807) is 0 Å². The Morgan fingerprint density at radius 1 is 1.50 bits per heavy atom. The fourth-order valence-corrected chi connectivity index (χ4v) is 0.639. The zero-order valence-electron chi connectivity index (χ0n) is 5.01. The fourth-order valence-electron chi connectivity index (χ4n) is 0.639. The van der Waals surface area contributed by atoms with Gasteiger partial charge in [-0.3, -0.25) is 0 Å². The van der Waals surface area contributed by atoms with Gasteiger partial charge in [0.15, 0.2) is 6.29 Å². The number of hydrogen-bond donors (Lipinski definition) is 4. The van der Waals surface area contributed by atoms with Crippen LogP contribution in [0.25, 0.3) is 0 Å². The predicted molar refractivity (Wildman–Crippen MR) is 29.4 cm³/mol. The molecule has 0 aromatic carbocycles. The zero-order valence-corrected chi connectivity index (χ0v) is 5.01. The SMILES string of the molecule is OC(O)[C@]1(O)C=C[C@@H](O)O1. The number of aliphatic hydroxyl groups is 4. The van der Waals surface area contributed by atoms with Gasteiger partial charge in [-0.25, -0.2) is 0 Å². The number of ether oxygens (including phenoxy) is 1. The molecule has 0 saturated carbocycles. The average Bonchev–Trinajstić information content (AvgIpc) is 2.13. The van der Waals surface area contributed by atoms with Crippen LogP contribution in [0, 0.1) is 0 Å².